The number of carbonyl (C=O) groups excluding carboxylic acids is 1. The Morgan fingerprint density at radius 2 is 2.08 bits per heavy atom. The highest BCUT2D eigenvalue weighted by Gasteiger charge is 2.39. The van der Waals surface area contributed by atoms with E-state index >= 15 is 0 Å². The number of hydrogen-bond acceptors (Lipinski definition) is 3. The number of aryl methyl sites for hydroxylation is 2. The summed E-state index contributed by atoms with van der Waals surface area (Å²) in [6.07, 6.45) is 1.54. The molecule has 0 radical (unpaired) electrons. The highest BCUT2D eigenvalue weighted by molar-refractivity contribution is 5.91. The zero-order valence-electron chi connectivity index (χ0n) is 14.6. The second-order valence-corrected chi connectivity index (χ2v) is 6.39. The molecule has 25 heavy (non-hydrogen) atoms. The fourth-order valence-corrected chi connectivity index (χ4v) is 3.43. The molecular weight excluding hydrogens is 316 g/mol. The van der Waals surface area contributed by atoms with Gasteiger partial charge in [-0.15, -0.1) is 0 Å². The average molecular weight is 340 g/mol. The van der Waals surface area contributed by atoms with Crippen molar-refractivity contribution in [2.45, 2.75) is 32.2 Å². The van der Waals surface area contributed by atoms with Crippen LogP contribution >= 0.6 is 0 Å². The third-order valence-electron chi connectivity index (χ3n) is 4.73. The van der Waals surface area contributed by atoms with Crippen molar-refractivity contribution in [3.05, 3.63) is 59.2 Å². The van der Waals surface area contributed by atoms with Crippen molar-refractivity contribution in [3.8, 4) is 5.75 Å². The Morgan fingerprint density at radius 3 is 2.80 bits per heavy atom. The predicted molar refractivity (Wildman–Crippen MR) is 98.0 cm³/mol. The SMILES string of the molecule is CCOc1ccc(NC(=O)NC2(CO)CCc3ccccc32)c(C)c1. The molecule has 2 aromatic rings. The normalized spacial score (nSPS) is 18.5. The highest BCUT2D eigenvalue weighted by Crippen LogP contribution is 2.36. The molecule has 0 fully saturated rings. The quantitative estimate of drug-likeness (QED) is 0.782. The molecule has 5 heteroatoms. The van der Waals surface area contributed by atoms with E-state index in [9.17, 15) is 9.90 Å². The smallest absolute Gasteiger partial charge is 0.320 e. The van der Waals surface area contributed by atoms with Gasteiger partial charge in [0, 0.05) is 5.69 Å². The van der Waals surface area contributed by atoms with Crippen LogP contribution < -0.4 is 15.4 Å². The van der Waals surface area contributed by atoms with Crippen LogP contribution in [0.5, 0.6) is 5.75 Å². The first kappa shape index (κ1) is 17.3. The Labute approximate surface area is 148 Å². The minimum Gasteiger partial charge on any atom is -0.494 e. The van der Waals surface area contributed by atoms with Crippen molar-refractivity contribution in [2.24, 2.45) is 0 Å². The lowest BCUT2D eigenvalue weighted by molar-refractivity contribution is 0.164. The van der Waals surface area contributed by atoms with E-state index in [1.807, 2.05) is 56.3 Å². The van der Waals surface area contributed by atoms with Gasteiger partial charge in [-0.05, 0) is 61.6 Å². The van der Waals surface area contributed by atoms with Gasteiger partial charge in [-0.25, -0.2) is 4.79 Å². The van der Waals surface area contributed by atoms with Crippen molar-refractivity contribution in [1.29, 1.82) is 0 Å². The summed E-state index contributed by atoms with van der Waals surface area (Å²) in [6, 6.07) is 13.2. The minimum absolute atomic E-state index is 0.125. The molecule has 0 saturated carbocycles. The summed E-state index contributed by atoms with van der Waals surface area (Å²) in [7, 11) is 0. The van der Waals surface area contributed by atoms with Gasteiger partial charge in [-0.2, -0.15) is 0 Å². The second-order valence-electron chi connectivity index (χ2n) is 6.39. The molecule has 0 aromatic heterocycles. The van der Waals surface area contributed by atoms with Gasteiger partial charge < -0.3 is 20.5 Å². The number of rotatable bonds is 5. The van der Waals surface area contributed by atoms with Gasteiger partial charge in [0.25, 0.3) is 0 Å². The van der Waals surface area contributed by atoms with E-state index in [0.717, 1.165) is 29.0 Å². The third-order valence-corrected chi connectivity index (χ3v) is 4.73. The fourth-order valence-electron chi connectivity index (χ4n) is 3.43. The highest BCUT2D eigenvalue weighted by atomic mass is 16.5. The Bertz CT molecular complexity index is 775. The maximum Gasteiger partial charge on any atom is 0.320 e. The molecule has 132 valence electrons. The number of ether oxygens (including phenoxy) is 1. The first-order chi connectivity index (χ1) is 12.1. The van der Waals surface area contributed by atoms with Crippen molar-refractivity contribution < 1.29 is 14.6 Å². The monoisotopic (exact) mass is 340 g/mol. The number of fused-ring (bicyclic) bond motifs is 1. The number of nitrogens with one attached hydrogen (secondary N) is 2. The van der Waals surface area contributed by atoms with E-state index in [4.69, 9.17) is 4.74 Å². The second kappa shape index (κ2) is 7.15. The average Bonchev–Trinajstić information content (AvgIpc) is 2.97. The standard InChI is InChI=1S/C20H24N2O3/c1-3-25-16-8-9-18(14(2)12-16)21-19(24)22-20(13-23)11-10-15-6-4-5-7-17(15)20/h4-9,12,23H,3,10-11,13H2,1-2H3,(H2,21,22,24). The molecule has 2 aromatic carbocycles. The maximum atomic E-state index is 12.5. The van der Waals surface area contributed by atoms with Gasteiger partial charge in [-0.1, -0.05) is 24.3 Å². The lowest BCUT2D eigenvalue weighted by Gasteiger charge is -2.29. The fraction of sp³-hybridized carbons (Fsp3) is 0.350. The number of anilines is 1. The van der Waals surface area contributed by atoms with Crippen molar-refractivity contribution >= 4 is 11.7 Å². The summed E-state index contributed by atoms with van der Waals surface area (Å²) in [5.74, 6) is 0.780. The van der Waals surface area contributed by atoms with E-state index in [1.54, 1.807) is 0 Å². The van der Waals surface area contributed by atoms with Crippen LogP contribution in [0.2, 0.25) is 0 Å². The largest absolute Gasteiger partial charge is 0.494 e. The number of amides is 2. The van der Waals surface area contributed by atoms with Crippen molar-refractivity contribution in [1.82, 2.24) is 5.32 Å². The van der Waals surface area contributed by atoms with E-state index in [1.165, 1.54) is 5.56 Å². The van der Waals surface area contributed by atoms with Gasteiger partial charge in [0.15, 0.2) is 0 Å². The Kier molecular flexibility index (Phi) is 4.95. The van der Waals surface area contributed by atoms with E-state index in [2.05, 4.69) is 10.6 Å². The number of benzene rings is 2. The number of hydrogen-bond donors (Lipinski definition) is 3. The molecule has 1 atom stereocenters. The number of aliphatic hydroxyl groups excluding tert-OH is 1. The van der Waals surface area contributed by atoms with Crippen molar-refractivity contribution in [3.63, 3.8) is 0 Å². The molecule has 5 nitrogen and oxygen atoms in total. The van der Waals surface area contributed by atoms with Crippen LogP contribution in [0.25, 0.3) is 0 Å². The molecule has 1 aliphatic rings. The number of carbonyl (C=O) groups is 1. The van der Waals surface area contributed by atoms with Gasteiger partial charge >= 0.3 is 6.03 Å². The van der Waals surface area contributed by atoms with Gasteiger partial charge in [0.05, 0.1) is 18.8 Å². The summed E-state index contributed by atoms with van der Waals surface area (Å²) in [4.78, 5) is 12.5. The predicted octanol–water partition coefficient (Wildman–Crippen LogP) is 3.35. The van der Waals surface area contributed by atoms with Crippen LogP contribution in [-0.4, -0.2) is 24.4 Å². The molecular formula is C20H24N2O3. The summed E-state index contributed by atoms with van der Waals surface area (Å²) < 4.78 is 5.47. The summed E-state index contributed by atoms with van der Waals surface area (Å²) in [6.45, 7) is 4.33. The van der Waals surface area contributed by atoms with Crippen LogP contribution in [0, 0.1) is 6.92 Å². The zero-order valence-corrected chi connectivity index (χ0v) is 14.6. The Hall–Kier alpha value is -2.53. The first-order valence-electron chi connectivity index (χ1n) is 8.60. The minimum atomic E-state index is -0.722. The number of aliphatic hydroxyl groups is 1. The zero-order chi connectivity index (χ0) is 17.9. The van der Waals surface area contributed by atoms with Crippen LogP contribution in [-0.2, 0) is 12.0 Å². The van der Waals surface area contributed by atoms with Gasteiger partial charge in [0.2, 0.25) is 0 Å². The Morgan fingerprint density at radius 1 is 1.28 bits per heavy atom. The molecule has 3 N–H and O–H groups in total. The molecule has 2 amide bonds. The first-order valence-corrected chi connectivity index (χ1v) is 8.60. The topological polar surface area (TPSA) is 70.6 Å². The van der Waals surface area contributed by atoms with Gasteiger partial charge in [-0.3, -0.25) is 0 Å². The lowest BCUT2D eigenvalue weighted by atomic mass is 9.93. The molecule has 0 heterocycles. The molecule has 3 rings (SSSR count). The van der Waals surface area contributed by atoms with Gasteiger partial charge in [0.1, 0.15) is 5.75 Å². The van der Waals surface area contributed by atoms with Crippen LogP contribution in [0.15, 0.2) is 42.5 Å². The molecule has 0 spiro atoms. The third kappa shape index (κ3) is 3.46. The summed E-state index contributed by atoms with van der Waals surface area (Å²) in [5, 5.41) is 15.8. The molecule has 0 aliphatic heterocycles. The molecule has 0 bridgehead atoms. The maximum absolute atomic E-state index is 12.5. The number of urea groups is 1. The van der Waals surface area contributed by atoms with Crippen LogP contribution in [0.4, 0.5) is 10.5 Å². The van der Waals surface area contributed by atoms with Crippen LogP contribution in [0.3, 0.4) is 0 Å². The van der Waals surface area contributed by atoms with E-state index < -0.39 is 5.54 Å². The molecule has 0 saturated heterocycles. The Balaban J connectivity index is 1.74. The van der Waals surface area contributed by atoms with Crippen LogP contribution in [0.1, 0.15) is 30.0 Å². The van der Waals surface area contributed by atoms with E-state index in [-0.39, 0.29) is 12.6 Å². The van der Waals surface area contributed by atoms with Crippen molar-refractivity contribution in [2.75, 3.05) is 18.5 Å². The molecule has 1 unspecified atom stereocenters. The summed E-state index contributed by atoms with van der Waals surface area (Å²) >= 11 is 0. The van der Waals surface area contributed by atoms with E-state index in [0.29, 0.717) is 13.0 Å². The lowest BCUT2D eigenvalue weighted by Crippen LogP contribution is -2.48. The molecule has 1 aliphatic carbocycles. The summed E-state index contributed by atoms with van der Waals surface area (Å²) in [5.41, 5.74) is 3.09.